The van der Waals surface area contributed by atoms with Gasteiger partial charge in [0.1, 0.15) is 11.1 Å². The first kappa shape index (κ1) is 18.1. The van der Waals surface area contributed by atoms with Gasteiger partial charge in [-0.05, 0) is 55.5 Å². The van der Waals surface area contributed by atoms with E-state index >= 15 is 0 Å². The first-order chi connectivity index (χ1) is 12.9. The van der Waals surface area contributed by atoms with Crippen LogP contribution in [0.15, 0.2) is 30.5 Å². The molecule has 2 aromatic rings. The van der Waals surface area contributed by atoms with Gasteiger partial charge in [-0.2, -0.15) is 0 Å². The minimum Gasteiger partial charge on any atom is -0.478 e. The summed E-state index contributed by atoms with van der Waals surface area (Å²) in [6.45, 7) is 0. The highest BCUT2D eigenvalue weighted by Crippen LogP contribution is 2.48. The van der Waals surface area contributed by atoms with Crippen LogP contribution in [0.2, 0.25) is 10.0 Å². The number of nitrogens with one attached hydrogen (secondary N) is 1. The quantitative estimate of drug-likeness (QED) is 0.792. The van der Waals surface area contributed by atoms with E-state index in [1.807, 2.05) is 0 Å². The number of carbonyl (C=O) groups is 2. The average molecular weight is 407 g/mol. The van der Waals surface area contributed by atoms with Crippen molar-refractivity contribution in [3.05, 3.63) is 51.6 Å². The Balaban J connectivity index is 1.54. The van der Waals surface area contributed by atoms with Crippen molar-refractivity contribution in [2.24, 2.45) is 0 Å². The molecule has 2 N–H and O–H groups in total. The van der Waals surface area contributed by atoms with Crippen molar-refractivity contribution in [2.45, 2.75) is 37.2 Å². The summed E-state index contributed by atoms with van der Waals surface area (Å²) in [5, 5.41) is 12.9. The second-order valence-corrected chi connectivity index (χ2v) is 7.70. The van der Waals surface area contributed by atoms with E-state index in [0.717, 1.165) is 5.56 Å². The van der Waals surface area contributed by atoms with E-state index in [2.05, 4.69) is 10.3 Å². The van der Waals surface area contributed by atoms with E-state index in [-0.39, 0.29) is 17.6 Å². The van der Waals surface area contributed by atoms with Crippen molar-refractivity contribution >= 4 is 40.8 Å². The third-order valence-corrected chi connectivity index (χ3v) is 5.78. The SMILES string of the molecule is O=C(O)c1ccc2c(c1)[C@]1(CC[C@@H](Oc3ncc(Cl)cc3Cl)CC1)C(=O)N2. The number of hydrogen-bond donors (Lipinski definition) is 2. The molecule has 2 aliphatic rings. The van der Waals surface area contributed by atoms with Gasteiger partial charge in [-0.15, -0.1) is 0 Å². The molecule has 1 fully saturated rings. The smallest absolute Gasteiger partial charge is 0.335 e. The van der Waals surface area contributed by atoms with E-state index < -0.39 is 11.4 Å². The molecular weight excluding hydrogens is 391 g/mol. The molecule has 0 saturated heterocycles. The monoisotopic (exact) mass is 406 g/mol. The Hall–Kier alpha value is -2.31. The second-order valence-electron chi connectivity index (χ2n) is 6.86. The molecule has 0 unspecified atom stereocenters. The van der Waals surface area contributed by atoms with Crippen LogP contribution in [0.3, 0.4) is 0 Å². The van der Waals surface area contributed by atoms with Gasteiger partial charge in [0.25, 0.3) is 0 Å². The van der Waals surface area contributed by atoms with Crippen LogP contribution >= 0.6 is 23.2 Å². The third-order valence-electron chi connectivity index (χ3n) is 5.30. The van der Waals surface area contributed by atoms with Crippen LogP contribution in [0.5, 0.6) is 5.88 Å². The molecule has 6 nitrogen and oxygen atoms in total. The molecular formula is C19H16Cl2N2O4. The summed E-state index contributed by atoms with van der Waals surface area (Å²) < 4.78 is 5.90. The highest BCUT2D eigenvalue weighted by atomic mass is 35.5. The Kier molecular flexibility index (Phi) is 4.48. The Morgan fingerprint density at radius 2 is 2.00 bits per heavy atom. The highest BCUT2D eigenvalue weighted by molar-refractivity contribution is 6.35. The first-order valence-electron chi connectivity index (χ1n) is 8.56. The number of aromatic nitrogens is 1. The predicted octanol–water partition coefficient (Wildman–Crippen LogP) is 4.30. The number of anilines is 1. The van der Waals surface area contributed by atoms with Gasteiger partial charge in [0, 0.05) is 11.9 Å². The largest absolute Gasteiger partial charge is 0.478 e. The van der Waals surface area contributed by atoms with E-state index in [1.165, 1.54) is 12.3 Å². The topological polar surface area (TPSA) is 88.5 Å². The van der Waals surface area contributed by atoms with Crippen molar-refractivity contribution < 1.29 is 19.4 Å². The van der Waals surface area contributed by atoms with E-state index in [0.29, 0.717) is 47.3 Å². The number of halogens is 2. The summed E-state index contributed by atoms with van der Waals surface area (Å²) in [4.78, 5) is 28.1. The van der Waals surface area contributed by atoms with Crippen molar-refractivity contribution in [1.29, 1.82) is 0 Å². The Morgan fingerprint density at radius 3 is 2.67 bits per heavy atom. The normalized spacial score (nSPS) is 23.8. The van der Waals surface area contributed by atoms with Gasteiger partial charge in [0.2, 0.25) is 11.8 Å². The molecule has 2 heterocycles. The summed E-state index contributed by atoms with van der Waals surface area (Å²) in [5.74, 6) is -0.764. The van der Waals surface area contributed by atoms with Gasteiger partial charge in [0.05, 0.1) is 16.0 Å². The predicted molar refractivity (Wildman–Crippen MR) is 101 cm³/mol. The van der Waals surface area contributed by atoms with E-state index in [4.69, 9.17) is 27.9 Å². The van der Waals surface area contributed by atoms with Crippen LogP contribution in [0.25, 0.3) is 0 Å². The molecule has 1 aliphatic heterocycles. The molecule has 1 aromatic carbocycles. The van der Waals surface area contributed by atoms with Gasteiger partial charge < -0.3 is 15.2 Å². The van der Waals surface area contributed by atoms with Crippen molar-refractivity contribution in [3.8, 4) is 5.88 Å². The number of carboxylic acids is 1. The van der Waals surface area contributed by atoms with Crippen LogP contribution in [-0.2, 0) is 10.2 Å². The Bertz CT molecular complexity index is 939. The molecule has 1 spiro atoms. The summed E-state index contributed by atoms with van der Waals surface area (Å²) >= 11 is 12.0. The fourth-order valence-corrected chi connectivity index (χ4v) is 4.32. The lowest BCUT2D eigenvalue weighted by atomic mass is 9.69. The number of ether oxygens (including phenoxy) is 1. The lowest BCUT2D eigenvalue weighted by Gasteiger charge is -2.35. The molecule has 4 rings (SSSR count). The first-order valence-corrected chi connectivity index (χ1v) is 9.32. The minimum absolute atomic E-state index is 0.0823. The zero-order valence-corrected chi connectivity index (χ0v) is 15.7. The van der Waals surface area contributed by atoms with Gasteiger partial charge in [-0.3, -0.25) is 4.79 Å². The summed E-state index contributed by atoms with van der Waals surface area (Å²) in [5.41, 5.74) is 0.915. The molecule has 140 valence electrons. The van der Waals surface area contributed by atoms with Crippen LogP contribution < -0.4 is 10.1 Å². The van der Waals surface area contributed by atoms with Crippen LogP contribution in [0, 0.1) is 0 Å². The van der Waals surface area contributed by atoms with Crippen molar-refractivity contribution in [1.82, 2.24) is 4.98 Å². The molecule has 0 bridgehead atoms. The maximum Gasteiger partial charge on any atom is 0.335 e. The summed E-state index contributed by atoms with van der Waals surface area (Å²) in [6, 6.07) is 6.34. The van der Waals surface area contributed by atoms with Crippen molar-refractivity contribution in [3.63, 3.8) is 0 Å². The Morgan fingerprint density at radius 1 is 1.26 bits per heavy atom. The molecule has 1 aromatic heterocycles. The number of rotatable bonds is 3. The number of aromatic carboxylic acids is 1. The van der Waals surface area contributed by atoms with Crippen molar-refractivity contribution in [2.75, 3.05) is 5.32 Å². The van der Waals surface area contributed by atoms with Gasteiger partial charge in [0.15, 0.2) is 0 Å². The lowest BCUT2D eigenvalue weighted by molar-refractivity contribution is -0.122. The van der Waals surface area contributed by atoms with Crippen LogP contribution in [-0.4, -0.2) is 28.1 Å². The number of pyridine rings is 1. The van der Waals surface area contributed by atoms with Gasteiger partial charge in [-0.1, -0.05) is 23.2 Å². The summed E-state index contributed by atoms with van der Waals surface area (Å²) in [7, 11) is 0. The zero-order chi connectivity index (χ0) is 19.2. The second kappa shape index (κ2) is 6.69. The van der Waals surface area contributed by atoms with Gasteiger partial charge >= 0.3 is 5.97 Å². The standard InChI is InChI=1S/C19H16Cl2N2O4/c20-11-8-14(21)16(22-9-11)27-12-3-5-19(6-4-12)13-7-10(17(24)25)1-2-15(13)23-18(19)26/h1-2,7-9,12H,3-6H2,(H,23,26)(H,24,25)/t12-,19-. The molecule has 0 radical (unpaired) electrons. The molecule has 1 amide bonds. The Labute approximate surface area is 165 Å². The van der Waals surface area contributed by atoms with E-state index in [1.54, 1.807) is 18.2 Å². The van der Waals surface area contributed by atoms with Crippen LogP contribution in [0.4, 0.5) is 5.69 Å². The maximum absolute atomic E-state index is 12.7. The minimum atomic E-state index is -1.01. The maximum atomic E-state index is 12.7. The third kappa shape index (κ3) is 3.13. The number of benzene rings is 1. The number of nitrogens with zero attached hydrogens (tertiary/aromatic N) is 1. The molecule has 8 heteroatoms. The number of carbonyl (C=O) groups excluding carboxylic acids is 1. The number of carboxylic acid groups (broad SMARTS) is 1. The number of hydrogen-bond acceptors (Lipinski definition) is 4. The van der Waals surface area contributed by atoms with Crippen LogP contribution in [0.1, 0.15) is 41.6 Å². The average Bonchev–Trinajstić information content (AvgIpc) is 2.90. The molecule has 1 aliphatic carbocycles. The summed E-state index contributed by atoms with van der Waals surface area (Å²) in [6.07, 6.45) is 3.73. The van der Waals surface area contributed by atoms with Gasteiger partial charge in [-0.25, -0.2) is 9.78 Å². The fraction of sp³-hybridized carbons (Fsp3) is 0.316. The molecule has 1 saturated carbocycles. The molecule has 0 atom stereocenters. The fourth-order valence-electron chi connectivity index (χ4n) is 3.89. The highest BCUT2D eigenvalue weighted by Gasteiger charge is 2.49. The number of fused-ring (bicyclic) bond motifs is 2. The number of amides is 1. The van der Waals surface area contributed by atoms with E-state index in [9.17, 15) is 14.7 Å². The zero-order valence-electron chi connectivity index (χ0n) is 14.2. The lowest BCUT2D eigenvalue weighted by Crippen LogP contribution is -2.41. The molecule has 27 heavy (non-hydrogen) atoms.